The van der Waals surface area contributed by atoms with Crippen LogP contribution in [0.5, 0.6) is 0 Å². The summed E-state index contributed by atoms with van der Waals surface area (Å²) >= 11 is 0. The highest BCUT2D eigenvalue weighted by Gasteiger charge is 2.17. The minimum absolute atomic E-state index is 0.634. The molecule has 0 saturated heterocycles. The Hall–Kier alpha value is -0.900. The third kappa shape index (κ3) is 2.82. The zero-order valence-corrected chi connectivity index (χ0v) is 10.3. The van der Waals surface area contributed by atoms with Crippen molar-refractivity contribution in [1.82, 2.24) is 20.1 Å². The highest BCUT2D eigenvalue weighted by atomic mass is 15.3. The summed E-state index contributed by atoms with van der Waals surface area (Å²) in [4.78, 5) is 4.31. The molecule has 1 aliphatic rings. The van der Waals surface area contributed by atoms with Crippen molar-refractivity contribution in [1.29, 1.82) is 0 Å². The zero-order valence-electron chi connectivity index (χ0n) is 10.3. The predicted octanol–water partition coefficient (Wildman–Crippen LogP) is 1.62. The van der Waals surface area contributed by atoms with E-state index >= 15 is 0 Å². The Bertz CT molecular complexity index is 317. The smallest absolute Gasteiger partial charge is 0.138 e. The molecule has 1 N–H and O–H groups in total. The molecule has 1 unspecified atom stereocenters. The van der Waals surface area contributed by atoms with Crippen LogP contribution in [0.3, 0.4) is 0 Å². The van der Waals surface area contributed by atoms with E-state index < -0.39 is 0 Å². The van der Waals surface area contributed by atoms with Gasteiger partial charge in [-0.05, 0) is 32.2 Å². The van der Waals surface area contributed by atoms with E-state index in [1.165, 1.54) is 19.3 Å². The normalized spacial score (nSPS) is 18.4. The number of aromatic nitrogens is 3. The summed E-state index contributed by atoms with van der Waals surface area (Å²) in [5.74, 6) is 1.75. The number of rotatable bonds is 6. The summed E-state index contributed by atoms with van der Waals surface area (Å²) in [7, 11) is 0. The van der Waals surface area contributed by atoms with Crippen molar-refractivity contribution < 1.29 is 0 Å². The molecule has 0 spiro atoms. The van der Waals surface area contributed by atoms with Gasteiger partial charge in [-0.1, -0.05) is 13.3 Å². The van der Waals surface area contributed by atoms with E-state index in [9.17, 15) is 0 Å². The molecule has 1 fully saturated rings. The lowest BCUT2D eigenvalue weighted by Gasteiger charge is -2.28. The van der Waals surface area contributed by atoms with Gasteiger partial charge in [0, 0.05) is 19.0 Å². The fourth-order valence-corrected chi connectivity index (χ4v) is 2.07. The molecular weight excluding hydrogens is 200 g/mol. The summed E-state index contributed by atoms with van der Waals surface area (Å²) in [6.07, 6.45) is 6.80. The molecule has 0 amide bonds. The largest absolute Gasteiger partial charge is 0.314 e. The first-order valence-electron chi connectivity index (χ1n) is 6.39. The molecule has 90 valence electrons. The van der Waals surface area contributed by atoms with Crippen molar-refractivity contribution in [3.05, 3.63) is 12.2 Å². The second-order valence-corrected chi connectivity index (χ2v) is 4.84. The van der Waals surface area contributed by atoms with Crippen LogP contribution in [0.15, 0.2) is 6.33 Å². The van der Waals surface area contributed by atoms with Gasteiger partial charge in [-0.25, -0.2) is 4.98 Å². The second-order valence-electron chi connectivity index (χ2n) is 4.84. The Morgan fingerprint density at radius 1 is 1.56 bits per heavy atom. The molecule has 1 aromatic rings. The fraction of sp³-hybridized carbons (Fsp3) is 0.833. The number of hydrogen-bond donors (Lipinski definition) is 1. The van der Waals surface area contributed by atoms with Crippen molar-refractivity contribution in [2.75, 3.05) is 6.54 Å². The summed E-state index contributed by atoms with van der Waals surface area (Å²) in [5, 5.41) is 7.81. The molecule has 1 aliphatic carbocycles. The topological polar surface area (TPSA) is 42.7 Å². The van der Waals surface area contributed by atoms with Gasteiger partial charge in [0.25, 0.3) is 0 Å². The molecule has 0 aromatic carbocycles. The number of hydrogen-bond acceptors (Lipinski definition) is 3. The van der Waals surface area contributed by atoms with E-state index in [4.69, 9.17) is 0 Å². The van der Waals surface area contributed by atoms with Gasteiger partial charge in [0.15, 0.2) is 0 Å². The van der Waals surface area contributed by atoms with Crippen LogP contribution < -0.4 is 5.32 Å². The van der Waals surface area contributed by atoms with Gasteiger partial charge >= 0.3 is 0 Å². The third-order valence-electron chi connectivity index (χ3n) is 3.39. The van der Waals surface area contributed by atoms with Crippen LogP contribution in [0.25, 0.3) is 0 Å². The van der Waals surface area contributed by atoms with E-state index in [0.717, 1.165) is 31.4 Å². The Morgan fingerprint density at radius 3 is 3.00 bits per heavy atom. The number of nitrogens with zero attached hydrogens (tertiary/aromatic N) is 3. The minimum Gasteiger partial charge on any atom is -0.314 e. The molecular formula is C12H22N4. The van der Waals surface area contributed by atoms with Gasteiger partial charge in [-0.2, -0.15) is 5.10 Å². The Balaban J connectivity index is 1.75. The van der Waals surface area contributed by atoms with Crippen molar-refractivity contribution >= 4 is 0 Å². The molecule has 1 atom stereocenters. The first-order valence-corrected chi connectivity index (χ1v) is 6.39. The first-order chi connectivity index (χ1) is 7.79. The highest BCUT2D eigenvalue weighted by molar-refractivity contribution is 4.87. The third-order valence-corrected chi connectivity index (χ3v) is 3.39. The summed E-state index contributed by atoms with van der Waals surface area (Å²) in [6.45, 7) is 6.40. The molecule has 2 rings (SSSR count). The summed E-state index contributed by atoms with van der Waals surface area (Å²) in [5.41, 5.74) is 0. The molecule has 1 saturated carbocycles. The van der Waals surface area contributed by atoms with E-state index in [0.29, 0.717) is 5.92 Å². The quantitative estimate of drug-likeness (QED) is 0.795. The Labute approximate surface area is 97.5 Å². The molecule has 4 heteroatoms. The molecule has 0 aliphatic heterocycles. The average Bonchev–Trinajstić information content (AvgIpc) is 2.62. The van der Waals surface area contributed by atoms with Crippen LogP contribution in [-0.2, 0) is 13.0 Å². The first kappa shape index (κ1) is 11.6. The Kier molecular flexibility index (Phi) is 3.93. The summed E-state index contributed by atoms with van der Waals surface area (Å²) < 4.78 is 1.99. The van der Waals surface area contributed by atoms with E-state index in [1.54, 1.807) is 6.33 Å². The molecule has 0 bridgehead atoms. The maximum Gasteiger partial charge on any atom is 0.138 e. The van der Waals surface area contributed by atoms with Crippen LogP contribution in [0.2, 0.25) is 0 Å². The maximum atomic E-state index is 4.31. The molecule has 4 nitrogen and oxygen atoms in total. The minimum atomic E-state index is 0.634. The highest BCUT2D eigenvalue weighted by Crippen LogP contribution is 2.18. The van der Waals surface area contributed by atoms with Crippen LogP contribution >= 0.6 is 0 Å². The number of aryl methyl sites for hydroxylation is 1. The van der Waals surface area contributed by atoms with Crippen LogP contribution in [0.4, 0.5) is 0 Å². The SMILES string of the molecule is CCn1ncnc1CC(C)CNC1CCC1. The molecule has 0 radical (unpaired) electrons. The van der Waals surface area contributed by atoms with E-state index in [1.807, 2.05) is 4.68 Å². The van der Waals surface area contributed by atoms with Gasteiger partial charge in [0.05, 0.1) is 0 Å². The number of nitrogens with one attached hydrogen (secondary N) is 1. The van der Waals surface area contributed by atoms with Crippen LogP contribution in [-0.4, -0.2) is 27.4 Å². The van der Waals surface area contributed by atoms with Crippen molar-refractivity contribution in [2.45, 2.75) is 52.1 Å². The van der Waals surface area contributed by atoms with Gasteiger partial charge in [0.1, 0.15) is 12.2 Å². The van der Waals surface area contributed by atoms with Gasteiger partial charge in [-0.15, -0.1) is 0 Å². The van der Waals surface area contributed by atoms with Crippen molar-refractivity contribution in [2.24, 2.45) is 5.92 Å². The van der Waals surface area contributed by atoms with Gasteiger partial charge < -0.3 is 5.32 Å². The lowest BCUT2D eigenvalue weighted by Crippen LogP contribution is -2.38. The zero-order chi connectivity index (χ0) is 11.4. The standard InChI is InChI=1S/C12H22N4/c1-3-16-12(14-9-15-16)7-10(2)8-13-11-5-4-6-11/h9-11,13H,3-8H2,1-2H3. The Morgan fingerprint density at radius 2 is 2.38 bits per heavy atom. The van der Waals surface area contributed by atoms with Crippen LogP contribution in [0, 0.1) is 5.92 Å². The van der Waals surface area contributed by atoms with Gasteiger partial charge in [-0.3, -0.25) is 4.68 Å². The van der Waals surface area contributed by atoms with E-state index in [-0.39, 0.29) is 0 Å². The fourth-order valence-electron chi connectivity index (χ4n) is 2.07. The van der Waals surface area contributed by atoms with Crippen molar-refractivity contribution in [3.8, 4) is 0 Å². The van der Waals surface area contributed by atoms with Crippen molar-refractivity contribution in [3.63, 3.8) is 0 Å². The lowest BCUT2D eigenvalue weighted by atomic mass is 9.92. The predicted molar refractivity (Wildman–Crippen MR) is 64.2 cm³/mol. The lowest BCUT2D eigenvalue weighted by molar-refractivity contribution is 0.318. The second kappa shape index (κ2) is 5.43. The monoisotopic (exact) mass is 222 g/mol. The molecule has 1 aromatic heterocycles. The summed E-state index contributed by atoms with van der Waals surface area (Å²) in [6, 6.07) is 0.784. The maximum absolute atomic E-state index is 4.31. The van der Waals surface area contributed by atoms with E-state index in [2.05, 4.69) is 29.2 Å². The average molecular weight is 222 g/mol. The molecule has 1 heterocycles. The molecule has 16 heavy (non-hydrogen) atoms. The van der Waals surface area contributed by atoms with Gasteiger partial charge in [0.2, 0.25) is 0 Å². The van der Waals surface area contributed by atoms with Crippen LogP contribution in [0.1, 0.15) is 38.9 Å².